The van der Waals surface area contributed by atoms with E-state index in [2.05, 4.69) is 143 Å². The maximum Gasteiger partial charge on any atom is 0.0992 e. The fourth-order valence-electron chi connectivity index (χ4n) is 7.33. The molecule has 0 radical (unpaired) electrons. The summed E-state index contributed by atoms with van der Waals surface area (Å²) in [5.74, 6) is 0. The Morgan fingerprint density at radius 1 is 0.375 bits per heavy atom. The van der Waals surface area contributed by atoms with Gasteiger partial charge in [0, 0.05) is 32.8 Å². The number of nitriles is 2. The lowest BCUT2D eigenvalue weighted by Gasteiger charge is -2.18. The minimum absolute atomic E-state index is 0.576. The van der Waals surface area contributed by atoms with Crippen LogP contribution >= 0.6 is 0 Å². The lowest BCUT2D eigenvalue weighted by molar-refractivity contribution is 1.18. The van der Waals surface area contributed by atoms with Crippen LogP contribution in [0.25, 0.3) is 77.2 Å². The summed E-state index contributed by atoms with van der Waals surface area (Å²) in [4.78, 5) is 0. The first-order chi connectivity index (χ1) is 23.7. The van der Waals surface area contributed by atoms with Crippen molar-refractivity contribution in [3.63, 3.8) is 0 Å². The SMILES string of the molecule is N#Cc1cc(-c2ccccc2-c2cc(C#N)ccc2-n2c3ccccc3c3ccccc32)cc(-n2c3ccccc3c3ccccc32)c1. The van der Waals surface area contributed by atoms with Gasteiger partial charge < -0.3 is 9.13 Å². The first kappa shape index (κ1) is 27.4. The van der Waals surface area contributed by atoms with Gasteiger partial charge in [-0.05, 0) is 77.4 Å². The summed E-state index contributed by atoms with van der Waals surface area (Å²) in [7, 11) is 0. The molecule has 0 unspecified atom stereocenters. The molecule has 2 heterocycles. The zero-order valence-corrected chi connectivity index (χ0v) is 25.8. The van der Waals surface area contributed by atoms with E-state index in [1.807, 2.05) is 36.4 Å². The van der Waals surface area contributed by atoms with E-state index in [1.165, 1.54) is 21.5 Å². The third-order valence-electron chi connectivity index (χ3n) is 9.36. The predicted molar refractivity (Wildman–Crippen MR) is 195 cm³/mol. The Morgan fingerprint density at radius 3 is 1.40 bits per heavy atom. The molecule has 0 amide bonds. The average molecular weight is 611 g/mol. The van der Waals surface area contributed by atoms with Crippen molar-refractivity contribution in [3.05, 3.63) is 169 Å². The molecule has 0 saturated heterocycles. The lowest BCUT2D eigenvalue weighted by Crippen LogP contribution is -2.00. The second-order valence-electron chi connectivity index (χ2n) is 12.0. The number of aromatic nitrogens is 2. The van der Waals surface area contributed by atoms with Gasteiger partial charge in [-0.2, -0.15) is 10.5 Å². The highest BCUT2D eigenvalue weighted by molar-refractivity contribution is 6.11. The van der Waals surface area contributed by atoms with Crippen LogP contribution in [0.5, 0.6) is 0 Å². The quantitative estimate of drug-likeness (QED) is 0.199. The largest absolute Gasteiger partial charge is 0.309 e. The van der Waals surface area contributed by atoms with Crippen LogP contribution in [0.15, 0.2) is 158 Å². The highest BCUT2D eigenvalue weighted by Crippen LogP contribution is 2.41. The van der Waals surface area contributed by atoms with Crippen molar-refractivity contribution in [2.45, 2.75) is 0 Å². The standard InChI is InChI=1S/C44H26N4/c45-27-29-21-22-44(48-42-19-9-5-15-37(42)38-16-6-10-20-43(38)48)39(25-29)34-12-2-1-11-33(34)31-23-30(28-46)24-32(26-31)47-40-17-7-3-13-35(40)36-14-4-8-18-41(36)47/h1-26H. The van der Waals surface area contributed by atoms with Crippen LogP contribution in [0.4, 0.5) is 0 Å². The first-order valence-electron chi connectivity index (χ1n) is 15.9. The average Bonchev–Trinajstić information content (AvgIpc) is 3.67. The minimum atomic E-state index is 0.576. The molecule has 0 N–H and O–H groups in total. The first-order valence-corrected chi connectivity index (χ1v) is 15.9. The number of hydrogen-bond donors (Lipinski definition) is 0. The molecule has 222 valence electrons. The van der Waals surface area contributed by atoms with Gasteiger partial charge in [-0.3, -0.25) is 0 Å². The van der Waals surface area contributed by atoms with Crippen molar-refractivity contribution < 1.29 is 0 Å². The number of benzene rings is 7. The number of rotatable bonds is 4. The molecule has 48 heavy (non-hydrogen) atoms. The van der Waals surface area contributed by atoms with Crippen molar-refractivity contribution in [2.75, 3.05) is 0 Å². The lowest BCUT2D eigenvalue weighted by atomic mass is 9.91. The summed E-state index contributed by atoms with van der Waals surface area (Å²) < 4.78 is 4.55. The third kappa shape index (κ3) is 4.14. The van der Waals surface area contributed by atoms with Gasteiger partial charge in [0.2, 0.25) is 0 Å². The Kier molecular flexibility index (Phi) is 6.22. The molecule has 0 atom stereocenters. The second kappa shape index (κ2) is 10.9. The molecular weight excluding hydrogens is 585 g/mol. The smallest absolute Gasteiger partial charge is 0.0992 e. The van der Waals surface area contributed by atoms with E-state index in [0.29, 0.717) is 11.1 Å². The highest BCUT2D eigenvalue weighted by atomic mass is 15.0. The van der Waals surface area contributed by atoms with Gasteiger partial charge in [0.15, 0.2) is 0 Å². The number of para-hydroxylation sites is 4. The molecule has 2 aromatic heterocycles. The molecule has 4 nitrogen and oxygen atoms in total. The summed E-state index contributed by atoms with van der Waals surface area (Å²) in [5, 5.41) is 25.0. The Hall–Kier alpha value is -6.88. The van der Waals surface area contributed by atoms with E-state index >= 15 is 0 Å². The van der Waals surface area contributed by atoms with Gasteiger partial charge >= 0.3 is 0 Å². The van der Waals surface area contributed by atoms with Crippen LogP contribution in [-0.2, 0) is 0 Å². The molecule has 0 aliphatic heterocycles. The van der Waals surface area contributed by atoms with Gasteiger partial charge in [-0.15, -0.1) is 0 Å². The summed E-state index contributed by atoms with van der Waals surface area (Å²) in [6.07, 6.45) is 0. The Labute approximate surface area is 277 Å². The molecule has 4 heteroatoms. The monoisotopic (exact) mass is 610 g/mol. The summed E-state index contributed by atoms with van der Waals surface area (Å²) in [6.45, 7) is 0. The van der Waals surface area contributed by atoms with Gasteiger partial charge in [-0.1, -0.05) is 97.1 Å². The van der Waals surface area contributed by atoms with E-state index in [0.717, 1.165) is 55.7 Å². The van der Waals surface area contributed by atoms with E-state index in [1.54, 1.807) is 0 Å². The predicted octanol–water partition coefficient (Wildman–Crippen LogP) is 11.0. The topological polar surface area (TPSA) is 57.4 Å². The van der Waals surface area contributed by atoms with Gasteiger partial charge in [0.05, 0.1) is 51.0 Å². The second-order valence-corrected chi connectivity index (χ2v) is 12.0. The summed E-state index contributed by atoms with van der Waals surface area (Å²) >= 11 is 0. The Morgan fingerprint density at radius 2 is 0.854 bits per heavy atom. The summed E-state index contributed by atoms with van der Waals surface area (Å²) in [5.41, 5.74) is 11.3. The van der Waals surface area contributed by atoms with Crippen molar-refractivity contribution in [3.8, 4) is 45.8 Å². The van der Waals surface area contributed by atoms with Gasteiger partial charge in [-0.25, -0.2) is 0 Å². The molecule has 9 rings (SSSR count). The van der Waals surface area contributed by atoms with Crippen LogP contribution in [0, 0.1) is 22.7 Å². The zero-order valence-electron chi connectivity index (χ0n) is 25.8. The maximum absolute atomic E-state index is 10.3. The van der Waals surface area contributed by atoms with Crippen LogP contribution < -0.4 is 0 Å². The molecule has 7 aromatic carbocycles. The van der Waals surface area contributed by atoms with Crippen LogP contribution in [0.3, 0.4) is 0 Å². The molecular formula is C44H26N4. The summed E-state index contributed by atoms with van der Waals surface area (Å²) in [6, 6.07) is 58.8. The number of nitrogens with zero attached hydrogens (tertiary/aromatic N) is 4. The molecule has 0 spiro atoms. The van der Waals surface area contributed by atoms with Crippen molar-refractivity contribution >= 4 is 43.6 Å². The van der Waals surface area contributed by atoms with Crippen LogP contribution in [0.1, 0.15) is 11.1 Å². The van der Waals surface area contributed by atoms with E-state index in [4.69, 9.17) is 0 Å². The Bertz CT molecular complexity index is 2710. The van der Waals surface area contributed by atoms with E-state index in [-0.39, 0.29) is 0 Å². The van der Waals surface area contributed by atoms with Crippen molar-refractivity contribution in [1.82, 2.24) is 9.13 Å². The normalized spacial score (nSPS) is 11.3. The molecule has 0 aliphatic rings. The highest BCUT2D eigenvalue weighted by Gasteiger charge is 2.19. The molecule has 0 bridgehead atoms. The fraction of sp³-hybridized carbons (Fsp3) is 0. The van der Waals surface area contributed by atoms with Gasteiger partial charge in [0.1, 0.15) is 0 Å². The molecule has 0 saturated carbocycles. The number of fused-ring (bicyclic) bond motifs is 6. The Balaban J connectivity index is 1.32. The molecule has 0 fully saturated rings. The minimum Gasteiger partial charge on any atom is -0.309 e. The number of hydrogen-bond acceptors (Lipinski definition) is 2. The van der Waals surface area contributed by atoms with Crippen LogP contribution in [0.2, 0.25) is 0 Å². The molecule has 0 aliphatic carbocycles. The maximum atomic E-state index is 10.3. The van der Waals surface area contributed by atoms with E-state index in [9.17, 15) is 10.5 Å². The van der Waals surface area contributed by atoms with Crippen molar-refractivity contribution in [2.24, 2.45) is 0 Å². The van der Waals surface area contributed by atoms with Crippen LogP contribution in [-0.4, -0.2) is 9.13 Å². The fourth-order valence-corrected chi connectivity index (χ4v) is 7.33. The van der Waals surface area contributed by atoms with Crippen molar-refractivity contribution in [1.29, 1.82) is 10.5 Å². The molecule has 9 aromatic rings. The van der Waals surface area contributed by atoms with Gasteiger partial charge in [0.25, 0.3) is 0 Å². The third-order valence-corrected chi connectivity index (χ3v) is 9.36. The van der Waals surface area contributed by atoms with E-state index < -0.39 is 0 Å². The zero-order chi connectivity index (χ0) is 32.2.